The van der Waals surface area contributed by atoms with Gasteiger partial charge in [-0.2, -0.15) is 0 Å². The van der Waals surface area contributed by atoms with E-state index in [1.54, 1.807) is 21.3 Å². The Kier molecular flexibility index (Phi) is 6.33. The maximum Gasteiger partial charge on any atom is 0.191 e. The Bertz CT molecular complexity index is 499. The van der Waals surface area contributed by atoms with Crippen molar-refractivity contribution in [3.8, 4) is 11.5 Å². The molecule has 6 heteroatoms. The number of benzene rings is 1. The highest BCUT2D eigenvalue weighted by Crippen LogP contribution is 2.30. The smallest absolute Gasteiger partial charge is 0.191 e. The SMILES string of the molecule is CN=C(NCc1cccc(OC)c1OC)NCC1CCCO1. The van der Waals surface area contributed by atoms with Gasteiger partial charge in [-0.15, -0.1) is 0 Å². The van der Waals surface area contributed by atoms with Gasteiger partial charge in [-0.3, -0.25) is 4.99 Å². The lowest BCUT2D eigenvalue weighted by Crippen LogP contribution is -2.40. The number of ether oxygens (including phenoxy) is 3. The monoisotopic (exact) mass is 307 g/mol. The predicted molar refractivity (Wildman–Crippen MR) is 86.7 cm³/mol. The third-order valence-corrected chi connectivity index (χ3v) is 3.68. The van der Waals surface area contributed by atoms with Gasteiger partial charge in [0, 0.05) is 32.3 Å². The molecule has 1 fully saturated rings. The summed E-state index contributed by atoms with van der Waals surface area (Å²) < 4.78 is 16.3. The van der Waals surface area contributed by atoms with Crippen LogP contribution in [0.1, 0.15) is 18.4 Å². The van der Waals surface area contributed by atoms with E-state index in [9.17, 15) is 0 Å². The van der Waals surface area contributed by atoms with Crippen LogP contribution in [0, 0.1) is 0 Å². The van der Waals surface area contributed by atoms with Crippen LogP contribution in [0.2, 0.25) is 0 Å². The Balaban J connectivity index is 1.90. The summed E-state index contributed by atoms with van der Waals surface area (Å²) in [6, 6.07) is 5.83. The van der Waals surface area contributed by atoms with Crippen LogP contribution in [0.25, 0.3) is 0 Å². The molecule has 1 aliphatic rings. The van der Waals surface area contributed by atoms with Gasteiger partial charge in [-0.25, -0.2) is 0 Å². The first-order chi connectivity index (χ1) is 10.8. The first kappa shape index (κ1) is 16.4. The molecule has 6 nitrogen and oxygen atoms in total. The van der Waals surface area contributed by atoms with Crippen LogP contribution in [-0.4, -0.2) is 46.5 Å². The van der Waals surface area contributed by atoms with E-state index in [1.807, 2.05) is 18.2 Å². The molecule has 0 bridgehead atoms. The van der Waals surface area contributed by atoms with Gasteiger partial charge in [0.2, 0.25) is 0 Å². The molecule has 0 aromatic heterocycles. The second-order valence-electron chi connectivity index (χ2n) is 5.09. The second-order valence-corrected chi connectivity index (χ2v) is 5.09. The molecule has 2 rings (SSSR count). The first-order valence-electron chi connectivity index (χ1n) is 7.54. The lowest BCUT2D eigenvalue weighted by Gasteiger charge is -2.17. The quantitative estimate of drug-likeness (QED) is 0.617. The number of para-hydroxylation sites is 1. The Hall–Kier alpha value is -1.95. The van der Waals surface area contributed by atoms with Gasteiger partial charge in [0.15, 0.2) is 17.5 Å². The fourth-order valence-corrected chi connectivity index (χ4v) is 2.51. The third kappa shape index (κ3) is 4.27. The summed E-state index contributed by atoms with van der Waals surface area (Å²) in [4.78, 5) is 4.23. The van der Waals surface area contributed by atoms with E-state index in [-0.39, 0.29) is 6.10 Å². The van der Waals surface area contributed by atoms with Gasteiger partial charge < -0.3 is 24.8 Å². The van der Waals surface area contributed by atoms with Crippen molar-refractivity contribution < 1.29 is 14.2 Å². The molecule has 0 amide bonds. The minimum Gasteiger partial charge on any atom is -0.493 e. The topological polar surface area (TPSA) is 64.1 Å². The first-order valence-corrected chi connectivity index (χ1v) is 7.54. The molecule has 1 aromatic rings. The molecular formula is C16H25N3O3. The number of nitrogens with one attached hydrogen (secondary N) is 2. The van der Waals surface area contributed by atoms with Crippen LogP contribution >= 0.6 is 0 Å². The van der Waals surface area contributed by atoms with Crippen LogP contribution in [-0.2, 0) is 11.3 Å². The van der Waals surface area contributed by atoms with Crippen molar-refractivity contribution in [2.75, 3.05) is 34.4 Å². The number of rotatable bonds is 6. The fourth-order valence-electron chi connectivity index (χ4n) is 2.51. The normalized spacial score (nSPS) is 18.1. The molecule has 1 unspecified atom stereocenters. The number of aliphatic imine (C=N–C) groups is 1. The Labute approximate surface area is 131 Å². The summed E-state index contributed by atoms with van der Waals surface area (Å²) in [6.45, 7) is 2.24. The molecule has 1 aliphatic heterocycles. The molecule has 1 heterocycles. The van der Waals surface area contributed by atoms with Gasteiger partial charge in [-0.1, -0.05) is 12.1 Å². The van der Waals surface area contributed by atoms with Gasteiger partial charge in [0.05, 0.1) is 20.3 Å². The lowest BCUT2D eigenvalue weighted by atomic mass is 10.2. The van der Waals surface area contributed by atoms with E-state index in [4.69, 9.17) is 14.2 Å². The van der Waals surface area contributed by atoms with Crippen LogP contribution < -0.4 is 20.1 Å². The number of nitrogens with zero attached hydrogens (tertiary/aromatic N) is 1. The average molecular weight is 307 g/mol. The summed E-state index contributed by atoms with van der Waals surface area (Å²) in [6.07, 6.45) is 2.53. The van der Waals surface area contributed by atoms with E-state index < -0.39 is 0 Å². The molecule has 0 radical (unpaired) electrons. The molecule has 1 aromatic carbocycles. The van der Waals surface area contributed by atoms with Gasteiger partial charge in [-0.05, 0) is 18.9 Å². The maximum absolute atomic E-state index is 5.60. The number of hydrogen-bond donors (Lipinski definition) is 2. The molecule has 0 spiro atoms. The summed E-state index contributed by atoms with van der Waals surface area (Å²) in [7, 11) is 5.04. The van der Waals surface area contributed by atoms with E-state index in [2.05, 4.69) is 15.6 Å². The van der Waals surface area contributed by atoms with Crippen molar-refractivity contribution in [2.24, 2.45) is 4.99 Å². The standard InChI is InChI=1S/C16H25N3O3/c1-17-16(19-11-13-7-5-9-22-13)18-10-12-6-4-8-14(20-2)15(12)21-3/h4,6,8,13H,5,7,9-11H2,1-3H3,(H2,17,18,19). The molecular weight excluding hydrogens is 282 g/mol. The highest BCUT2D eigenvalue weighted by Gasteiger charge is 2.15. The predicted octanol–water partition coefficient (Wildman–Crippen LogP) is 1.55. The Morgan fingerprint density at radius 2 is 2.18 bits per heavy atom. The van der Waals surface area contributed by atoms with E-state index in [0.29, 0.717) is 6.54 Å². The number of methoxy groups -OCH3 is 2. The molecule has 22 heavy (non-hydrogen) atoms. The molecule has 0 aliphatic carbocycles. The van der Waals surface area contributed by atoms with Gasteiger partial charge in [0.1, 0.15) is 0 Å². The lowest BCUT2D eigenvalue weighted by molar-refractivity contribution is 0.114. The summed E-state index contributed by atoms with van der Waals surface area (Å²) in [5.74, 6) is 2.22. The highest BCUT2D eigenvalue weighted by atomic mass is 16.5. The van der Waals surface area contributed by atoms with Crippen molar-refractivity contribution in [2.45, 2.75) is 25.5 Å². The fraction of sp³-hybridized carbons (Fsp3) is 0.562. The summed E-state index contributed by atoms with van der Waals surface area (Å²) >= 11 is 0. The minimum atomic E-state index is 0.282. The molecule has 122 valence electrons. The molecule has 0 saturated carbocycles. The molecule has 1 atom stereocenters. The van der Waals surface area contributed by atoms with E-state index in [0.717, 1.165) is 49.0 Å². The Morgan fingerprint density at radius 3 is 2.82 bits per heavy atom. The Morgan fingerprint density at radius 1 is 1.32 bits per heavy atom. The zero-order valence-corrected chi connectivity index (χ0v) is 13.5. The minimum absolute atomic E-state index is 0.282. The van der Waals surface area contributed by atoms with Crippen molar-refractivity contribution >= 4 is 5.96 Å². The van der Waals surface area contributed by atoms with E-state index >= 15 is 0 Å². The zero-order chi connectivity index (χ0) is 15.8. The zero-order valence-electron chi connectivity index (χ0n) is 13.5. The number of hydrogen-bond acceptors (Lipinski definition) is 4. The maximum atomic E-state index is 5.60. The van der Waals surface area contributed by atoms with Gasteiger partial charge in [0.25, 0.3) is 0 Å². The second kappa shape index (κ2) is 8.48. The largest absolute Gasteiger partial charge is 0.493 e. The highest BCUT2D eigenvalue weighted by molar-refractivity contribution is 5.79. The summed E-state index contributed by atoms with van der Waals surface area (Å²) in [5.41, 5.74) is 1.02. The van der Waals surface area contributed by atoms with Crippen LogP contribution in [0.4, 0.5) is 0 Å². The van der Waals surface area contributed by atoms with Crippen molar-refractivity contribution in [3.63, 3.8) is 0 Å². The molecule has 1 saturated heterocycles. The summed E-state index contributed by atoms with van der Waals surface area (Å²) in [5, 5.41) is 6.57. The van der Waals surface area contributed by atoms with Crippen LogP contribution in [0.3, 0.4) is 0 Å². The van der Waals surface area contributed by atoms with Crippen molar-refractivity contribution in [3.05, 3.63) is 23.8 Å². The average Bonchev–Trinajstić information content (AvgIpc) is 3.08. The van der Waals surface area contributed by atoms with Crippen molar-refractivity contribution in [1.82, 2.24) is 10.6 Å². The van der Waals surface area contributed by atoms with Gasteiger partial charge >= 0.3 is 0 Å². The molecule has 2 N–H and O–H groups in total. The van der Waals surface area contributed by atoms with Crippen LogP contribution in [0.15, 0.2) is 23.2 Å². The number of guanidine groups is 1. The van der Waals surface area contributed by atoms with Crippen molar-refractivity contribution in [1.29, 1.82) is 0 Å². The van der Waals surface area contributed by atoms with Crippen LogP contribution in [0.5, 0.6) is 11.5 Å². The van der Waals surface area contributed by atoms with E-state index in [1.165, 1.54) is 0 Å². The third-order valence-electron chi connectivity index (χ3n) is 3.68.